The maximum absolute atomic E-state index is 5.22. The number of pyridine rings is 1. The van der Waals surface area contributed by atoms with E-state index in [2.05, 4.69) is 22.5 Å². The number of hydrogen-bond acceptors (Lipinski definition) is 3. The molecule has 1 N–H and O–H groups in total. The molecule has 0 amide bonds. The highest BCUT2D eigenvalue weighted by molar-refractivity contribution is 5.33. The first kappa shape index (κ1) is 8.26. The van der Waals surface area contributed by atoms with Crippen molar-refractivity contribution in [2.24, 2.45) is 0 Å². The lowest BCUT2D eigenvalue weighted by Crippen LogP contribution is -2.15. The summed E-state index contributed by atoms with van der Waals surface area (Å²) in [6.07, 6.45) is 5.98. The minimum atomic E-state index is 0.205. The summed E-state index contributed by atoms with van der Waals surface area (Å²) in [6.45, 7) is 0.907. The van der Waals surface area contributed by atoms with E-state index in [-0.39, 0.29) is 6.04 Å². The summed E-state index contributed by atoms with van der Waals surface area (Å²) in [5, 5.41) is 3.29. The molecule has 13 heavy (non-hydrogen) atoms. The zero-order valence-corrected chi connectivity index (χ0v) is 7.53. The maximum atomic E-state index is 5.22. The van der Waals surface area contributed by atoms with Gasteiger partial charge in [0.25, 0.3) is 0 Å². The van der Waals surface area contributed by atoms with Gasteiger partial charge in [0.15, 0.2) is 0 Å². The molecule has 0 radical (unpaired) electrons. The van der Waals surface area contributed by atoms with Gasteiger partial charge in [0.2, 0.25) is 0 Å². The third-order valence-corrected chi connectivity index (χ3v) is 2.10. The van der Waals surface area contributed by atoms with Crippen molar-refractivity contribution in [3.8, 4) is 5.75 Å². The van der Waals surface area contributed by atoms with Crippen molar-refractivity contribution in [1.82, 2.24) is 10.3 Å². The summed E-state index contributed by atoms with van der Waals surface area (Å²) in [4.78, 5) is 4.29. The third-order valence-electron chi connectivity index (χ3n) is 2.10. The van der Waals surface area contributed by atoms with Gasteiger partial charge in [0.05, 0.1) is 13.2 Å². The molecule has 1 aromatic rings. The van der Waals surface area contributed by atoms with Crippen molar-refractivity contribution in [1.29, 1.82) is 0 Å². The van der Waals surface area contributed by atoms with Gasteiger partial charge in [-0.25, -0.2) is 0 Å². The van der Waals surface area contributed by atoms with Gasteiger partial charge in [-0.15, -0.1) is 0 Å². The normalized spacial score (nSPS) is 20.5. The lowest BCUT2D eigenvalue weighted by molar-refractivity contribution is 0.402. The van der Waals surface area contributed by atoms with Gasteiger partial charge in [-0.3, -0.25) is 4.98 Å². The van der Waals surface area contributed by atoms with Crippen molar-refractivity contribution >= 4 is 0 Å². The van der Waals surface area contributed by atoms with E-state index >= 15 is 0 Å². The second-order valence-corrected chi connectivity index (χ2v) is 2.90. The van der Waals surface area contributed by atoms with E-state index in [1.165, 1.54) is 0 Å². The molecule has 1 unspecified atom stereocenters. The fourth-order valence-corrected chi connectivity index (χ4v) is 1.46. The molecule has 0 spiro atoms. The first-order valence-electron chi connectivity index (χ1n) is 4.31. The summed E-state index contributed by atoms with van der Waals surface area (Å²) < 4.78 is 5.22. The van der Waals surface area contributed by atoms with Crippen molar-refractivity contribution in [3.05, 3.63) is 36.2 Å². The molecular weight excluding hydrogens is 164 g/mol. The number of ether oxygens (including phenoxy) is 1. The average molecular weight is 176 g/mol. The molecular formula is C10H12N2O. The molecule has 3 heteroatoms. The van der Waals surface area contributed by atoms with Crippen LogP contribution in [0.15, 0.2) is 30.5 Å². The van der Waals surface area contributed by atoms with Crippen LogP contribution in [0, 0.1) is 0 Å². The zero-order valence-electron chi connectivity index (χ0n) is 7.53. The Morgan fingerprint density at radius 2 is 2.54 bits per heavy atom. The number of hydrogen-bond donors (Lipinski definition) is 1. The second kappa shape index (κ2) is 3.58. The number of methoxy groups -OCH3 is 1. The van der Waals surface area contributed by atoms with Gasteiger partial charge in [-0.2, -0.15) is 0 Å². The molecule has 0 aliphatic carbocycles. The van der Waals surface area contributed by atoms with Crippen LogP contribution in [0.5, 0.6) is 5.75 Å². The summed E-state index contributed by atoms with van der Waals surface area (Å²) in [7, 11) is 1.67. The first-order valence-corrected chi connectivity index (χ1v) is 4.31. The quantitative estimate of drug-likeness (QED) is 0.689. The van der Waals surface area contributed by atoms with Gasteiger partial charge in [-0.1, -0.05) is 12.2 Å². The SMILES string of the molecule is COc1cccnc1C1C=CCN1. The summed E-state index contributed by atoms with van der Waals surface area (Å²) in [6, 6.07) is 4.01. The molecule has 0 saturated heterocycles. The highest BCUT2D eigenvalue weighted by Crippen LogP contribution is 2.24. The third kappa shape index (κ3) is 1.55. The van der Waals surface area contributed by atoms with Gasteiger partial charge in [-0.05, 0) is 12.1 Å². The first-order chi connectivity index (χ1) is 6.42. The lowest BCUT2D eigenvalue weighted by atomic mass is 10.2. The Balaban J connectivity index is 2.32. The van der Waals surface area contributed by atoms with Gasteiger partial charge < -0.3 is 10.1 Å². The Kier molecular flexibility index (Phi) is 2.27. The van der Waals surface area contributed by atoms with E-state index in [4.69, 9.17) is 4.74 Å². The van der Waals surface area contributed by atoms with Gasteiger partial charge >= 0.3 is 0 Å². The molecule has 1 aliphatic rings. The smallest absolute Gasteiger partial charge is 0.142 e. The predicted molar refractivity (Wildman–Crippen MR) is 50.7 cm³/mol. The molecule has 0 bridgehead atoms. The van der Waals surface area contributed by atoms with Crippen LogP contribution in [0.2, 0.25) is 0 Å². The molecule has 3 nitrogen and oxygen atoms in total. The highest BCUT2D eigenvalue weighted by atomic mass is 16.5. The van der Waals surface area contributed by atoms with Crippen LogP contribution in [0.25, 0.3) is 0 Å². The zero-order chi connectivity index (χ0) is 9.10. The Hall–Kier alpha value is -1.35. The molecule has 0 aromatic carbocycles. The molecule has 68 valence electrons. The Morgan fingerprint density at radius 3 is 3.23 bits per heavy atom. The van der Waals surface area contributed by atoms with E-state index in [1.54, 1.807) is 13.3 Å². The van der Waals surface area contributed by atoms with E-state index in [1.807, 2.05) is 12.1 Å². The number of nitrogens with zero attached hydrogens (tertiary/aromatic N) is 1. The van der Waals surface area contributed by atoms with E-state index < -0.39 is 0 Å². The molecule has 1 atom stereocenters. The van der Waals surface area contributed by atoms with Crippen LogP contribution >= 0.6 is 0 Å². The standard InChI is InChI=1S/C10H12N2O/c1-13-9-5-3-7-12-10(9)8-4-2-6-11-8/h2-5,7-8,11H,6H2,1H3. The Bertz CT molecular complexity index is 322. The number of rotatable bonds is 2. The highest BCUT2D eigenvalue weighted by Gasteiger charge is 2.15. The summed E-state index contributed by atoms with van der Waals surface area (Å²) >= 11 is 0. The summed E-state index contributed by atoms with van der Waals surface area (Å²) in [5.74, 6) is 0.839. The fraction of sp³-hybridized carbons (Fsp3) is 0.300. The largest absolute Gasteiger partial charge is 0.495 e. The minimum Gasteiger partial charge on any atom is -0.495 e. The Labute approximate surface area is 77.4 Å². The molecule has 1 aliphatic heterocycles. The van der Waals surface area contributed by atoms with Crippen LogP contribution < -0.4 is 10.1 Å². The molecule has 1 aromatic heterocycles. The van der Waals surface area contributed by atoms with Crippen molar-refractivity contribution in [2.45, 2.75) is 6.04 Å². The van der Waals surface area contributed by atoms with E-state index in [0.717, 1.165) is 18.0 Å². The lowest BCUT2D eigenvalue weighted by Gasteiger charge is -2.11. The molecule has 2 rings (SSSR count). The number of nitrogens with one attached hydrogen (secondary N) is 1. The van der Waals surface area contributed by atoms with Gasteiger partial charge in [0.1, 0.15) is 11.4 Å². The number of aromatic nitrogens is 1. The Morgan fingerprint density at radius 1 is 1.62 bits per heavy atom. The van der Waals surface area contributed by atoms with Gasteiger partial charge in [0, 0.05) is 12.7 Å². The van der Waals surface area contributed by atoms with E-state index in [0.29, 0.717) is 0 Å². The van der Waals surface area contributed by atoms with Crippen LogP contribution in [0.4, 0.5) is 0 Å². The predicted octanol–water partition coefficient (Wildman–Crippen LogP) is 1.29. The van der Waals surface area contributed by atoms with Crippen molar-refractivity contribution < 1.29 is 4.74 Å². The topological polar surface area (TPSA) is 34.1 Å². The van der Waals surface area contributed by atoms with Crippen LogP contribution in [0.3, 0.4) is 0 Å². The van der Waals surface area contributed by atoms with Crippen molar-refractivity contribution in [2.75, 3.05) is 13.7 Å². The summed E-state index contributed by atoms with van der Waals surface area (Å²) in [5.41, 5.74) is 0.957. The monoisotopic (exact) mass is 176 g/mol. The van der Waals surface area contributed by atoms with Crippen LogP contribution in [0.1, 0.15) is 11.7 Å². The molecule has 0 fully saturated rings. The van der Waals surface area contributed by atoms with Crippen molar-refractivity contribution in [3.63, 3.8) is 0 Å². The molecule has 2 heterocycles. The molecule has 0 saturated carbocycles. The second-order valence-electron chi connectivity index (χ2n) is 2.90. The maximum Gasteiger partial charge on any atom is 0.142 e. The van der Waals surface area contributed by atoms with Crippen LogP contribution in [-0.2, 0) is 0 Å². The average Bonchev–Trinajstić information content (AvgIpc) is 2.70. The minimum absolute atomic E-state index is 0.205. The fourth-order valence-electron chi connectivity index (χ4n) is 1.46. The van der Waals surface area contributed by atoms with Crippen LogP contribution in [-0.4, -0.2) is 18.6 Å². The van der Waals surface area contributed by atoms with E-state index in [9.17, 15) is 0 Å².